The van der Waals surface area contributed by atoms with Gasteiger partial charge in [-0.3, -0.25) is 0 Å². The van der Waals surface area contributed by atoms with Gasteiger partial charge in [-0.2, -0.15) is 0 Å². The molecular formula is C14H32N2O. The fourth-order valence-electron chi connectivity index (χ4n) is 1.89. The molecule has 0 radical (unpaired) electrons. The summed E-state index contributed by atoms with van der Waals surface area (Å²) in [6.07, 6.45) is 4.27. The molecule has 0 aliphatic carbocycles. The molecule has 0 saturated heterocycles. The Bertz CT molecular complexity index is 183. The van der Waals surface area contributed by atoms with Gasteiger partial charge in [0.05, 0.1) is 5.60 Å². The molecule has 0 bridgehead atoms. The highest BCUT2D eigenvalue weighted by Gasteiger charge is 2.17. The van der Waals surface area contributed by atoms with Gasteiger partial charge in [-0.1, -0.05) is 27.2 Å². The second-order valence-electron chi connectivity index (χ2n) is 5.56. The Kier molecular flexibility index (Phi) is 8.83. The topological polar surface area (TPSA) is 49.5 Å². The van der Waals surface area contributed by atoms with E-state index in [1.807, 2.05) is 6.92 Å². The third kappa shape index (κ3) is 8.58. The zero-order valence-electron chi connectivity index (χ0n) is 12.2. The Morgan fingerprint density at radius 2 is 1.94 bits per heavy atom. The Labute approximate surface area is 107 Å². The van der Waals surface area contributed by atoms with E-state index in [0.717, 1.165) is 38.3 Å². The first kappa shape index (κ1) is 16.9. The summed E-state index contributed by atoms with van der Waals surface area (Å²) in [5.41, 5.74) is 4.83. The van der Waals surface area contributed by atoms with Crippen molar-refractivity contribution < 1.29 is 5.11 Å². The van der Waals surface area contributed by atoms with Gasteiger partial charge in [0.25, 0.3) is 0 Å². The molecule has 0 amide bonds. The molecule has 17 heavy (non-hydrogen) atoms. The van der Waals surface area contributed by atoms with Crippen LogP contribution in [-0.2, 0) is 0 Å². The smallest absolute Gasteiger partial charge is 0.0741 e. The lowest BCUT2D eigenvalue weighted by Gasteiger charge is -2.25. The van der Waals surface area contributed by atoms with Crippen LogP contribution in [0, 0.1) is 5.92 Å². The SMILES string of the molecule is CCC(C)CN(CC)CCCCC(C)(O)CN. The summed E-state index contributed by atoms with van der Waals surface area (Å²) in [4.78, 5) is 2.51. The molecule has 2 unspecified atom stereocenters. The van der Waals surface area contributed by atoms with Crippen LogP contribution in [0.1, 0.15) is 53.4 Å². The predicted octanol–water partition coefficient (Wildman–Crippen LogP) is 2.23. The molecule has 104 valence electrons. The second-order valence-corrected chi connectivity index (χ2v) is 5.56. The Morgan fingerprint density at radius 3 is 2.41 bits per heavy atom. The van der Waals surface area contributed by atoms with Crippen LogP contribution in [0.25, 0.3) is 0 Å². The molecule has 3 nitrogen and oxygen atoms in total. The molecule has 0 aromatic carbocycles. The lowest BCUT2D eigenvalue weighted by Crippen LogP contribution is -2.34. The van der Waals surface area contributed by atoms with Gasteiger partial charge < -0.3 is 15.7 Å². The highest BCUT2D eigenvalue weighted by Crippen LogP contribution is 2.12. The van der Waals surface area contributed by atoms with Crippen LogP contribution in [0.3, 0.4) is 0 Å². The summed E-state index contributed by atoms with van der Waals surface area (Å²) in [6.45, 7) is 12.4. The van der Waals surface area contributed by atoms with Crippen molar-refractivity contribution in [2.45, 2.75) is 59.0 Å². The lowest BCUT2D eigenvalue weighted by atomic mass is 9.99. The minimum Gasteiger partial charge on any atom is -0.389 e. The quantitative estimate of drug-likeness (QED) is 0.579. The van der Waals surface area contributed by atoms with Crippen LogP contribution in [-0.4, -0.2) is 41.8 Å². The third-order valence-electron chi connectivity index (χ3n) is 3.59. The fraction of sp³-hybridized carbons (Fsp3) is 1.00. The van der Waals surface area contributed by atoms with E-state index in [0.29, 0.717) is 6.54 Å². The molecule has 0 aromatic rings. The first-order valence-corrected chi connectivity index (χ1v) is 7.10. The van der Waals surface area contributed by atoms with Gasteiger partial charge >= 0.3 is 0 Å². The third-order valence-corrected chi connectivity index (χ3v) is 3.59. The van der Waals surface area contributed by atoms with Crippen LogP contribution in [0.4, 0.5) is 0 Å². The van der Waals surface area contributed by atoms with Crippen LogP contribution < -0.4 is 5.73 Å². The molecule has 0 fully saturated rings. The van der Waals surface area contributed by atoms with Crippen molar-refractivity contribution in [1.82, 2.24) is 4.90 Å². The molecule has 0 heterocycles. The largest absolute Gasteiger partial charge is 0.389 e. The first-order valence-electron chi connectivity index (χ1n) is 7.10. The summed E-state index contributed by atoms with van der Waals surface area (Å²) in [5.74, 6) is 0.780. The Morgan fingerprint density at radius 1 is 1.29 bits per heavy atom. The highest BCUT2D eigenvalue weighted by molar-refractivity contribution is 4.73. The van der Waals surface area contributed by atoms with Crippen molar-refractivity contribution in [3.63, 3.8) is 0 Å². The minimum absolute atomic E-state index is 0.358. The molecule has 0 aliphatic heterocycles. The normalized spacial score (nSPS) is 17.1. The standard InChI is InChI=1S/C14H32N2O/c1-5-13(3)11-16(6-2)10-8-7-9-14(4,17)12-15/h13,17H,5-12,15H2,1-4H3. The monoisotopic (exact) mass is 244 g/mol. The van der Waals surface area contributed by atoms with Gasteiger partial charge in [0, 0.05) is 13.1 Å². The van der Waals surface area contributed by atoms with Crippen molar-refractivity contribution in [3.05, 3.63) is 0 Å². The van der Waals surface area contributed by atoms with Gasteiger partial charge in [0.15, 0.2) is 0 Å². The average Bonchev–Trinajstić information content (AvgIpc) is 2.32. The highest BCUT2D eigenvalue weighted by atomic mass is 16.3. The van der Waals surface area contributed by atoms with Crippen molar-refractivity contribution >= 4 is 0 Å². The number of nitrogens with zero attached hydrogens (tertiary/aromatic N) is 1. The number of rotatable bonds is 10. The van der Waals surface area contributed by atoms with E-state index < -0.39 is 5.60 Å². The fourth-order valence-corrected chi connectivity index (χ4v) is 1.89. The summed E-state index contributed by atoms with van der Waals surface area (Å²) in [5, 5.41) is 9.79. The number of hydrogen-bond acceptors (Lipinski definition) is 3. The zero-order chi connectivity index (χ0) is 13.3. The van der Waals surface area contributed by atoms with E-state index in [1.165, 1.54) is 13.0 Å². The van der Waals surface area contributed by atoms with Gasteiger partial charge in [-0.15, -0.1) is 0 Å². The van der Waals surface area contributed by atoms with Gasteiger partial charge in [-0.25, -0.2) is 0 Å². The van der Waals surface area contributed by atoms with E-state index in [9.17, 15) is 5.11 Å². The van der Waals surface area contributed by atoms with E-state index in [4.69, 9.17) is 5.73 Å². The van der Waals surface area contributed by atoms with Gasteiger partial charge in [0.1, 0.15) is 0 Å². The summed E-state index contributed by atoms with van der Waals surface area (Å²) < 4.78 is 0. The average molecular weight is 244 g/mol. The van der Waals surface area contributed by atoms with Gasteiger partial charge in [0.2, 0.25) is 0 Å². The zero-order valence-corrected chi connectivity index (χ0v) is 12.2. The van der Waals surface area contributed by atoms with Crippen molar-refractivity contribution in [2.24, 2.45) is 11.7 Å². The molecule has 0 saturated carbocycles. The van der Waals surface area contributed by atoms with E-state index in [1.54, 1.807) is 0 Å². The summed E-state index contributed by atoms with van der Waals surface area (Å²) >= 11 is 0. The van der Waals surface area contributed by atoms with Crippen LogP contribution >= 0.6 is 0 Å². The molecule has 0 aliphatic rings. The first-order chi connectivity index (χ1) is 7.95. The maximum absolute atomic E-state index is 9.79. The van der Waals surface area contributed by atoms with Crippen LogP contribution in [0.15, 0.2) is 0 Å². The minimum atomic E-state index is -0.673. The summed E-state index contributed by atoms with van der Waals surface area (Å²) in [7, 11) is 0. The maximum Gasteiger partial charge on any atom is 0.0741 e. The Balaban J connectivity index is 3.70. The number of unbranched alkanes of at least 4 members (excludes halogenated alkanes) is 1. The van der Waals surface area contributed by atoms with Crippen LogP contribution in [0.2, 0.25) is 0 Å². The second kappa shape index (κ2) is 8.90. The van der Waals surface area contributed by atoms with Crippen molar-refractivity contribution in [2.75, 3.05) is 26.2 Å². The predicted molar refractivity (Wildman–Crippen MR) is 75.1 cm³/mol. The molecular weight excluding hydrogens is 212 g/mol. The van der Waals surface area contributed by atoms with Crippen LogP contribution in [0.5, 0.6) is 0 Å². The van der Waals surface area contributed by atoms with E-state index in [2.05, 4.69) is 25.7 Å². The molecule has 3 N–H and O–H groups in total. The molecule has 2 atom stereocenters. The van der Waals surface area contributed by atoms with Crippen molar-refractivity contribution in [1.29, 1.82) is 0 Å². The van der Waals surface area contributed by atoms with Crippen molar-refractivity contribution in [3.8, 4) is 0 Å². The number of hydrogen-bond donors (Lipinski definition) is 2. The number of nitrogens with two attached hydrogens (primary N) is 1. The Hall–Kier alpha value is -0.120. The lowest BCUT2D eigenvalue weighted by molar-refractivity contribution is 0.0562. The molecule has 0 aromatic heterocycles. The molecule has 3 heteroatoms. The van der Waals surface area contributed by atoms with E-state index in [-0.39, 0.29) is 0 Å². The summed E-state index contributed by atoms with van der Waals surface area (Å²) in [6, 6.07) is 0. The molecule has 0 rings (SSSR count). The van der Waals surface area contributed by atoms with E-state index >= 15 is 0 Å². The maximum atomic E-state index is 9.79. The van der Waals surface area contributed by atoms with Gasteiger partial charge in [-0.05, 0) is 45.2 Å². The molecule has 0 spiro atoms. The number of aliphatic hydroxyl groups is 1.